The SMILES string of the molecule is Cc1cc2nc(-c3[nH]ncc3C)[nH]c2cc1C. The molecule has 2 N–H and O–H groups in total. The summed E-state index contributed by atoms with van der Waals surface area (Å²) >= 11 is 0. The molecule has 0 aliphatic rings. The summed E-state index contributed by atoms with van der Waals surface area (Å²) in [7, 11) is 0. The Kier molecular flexibility index (Phi) is 2.04. The standard InChI is InChI=1S/C13H14N4/c1-7-4-10-11(5-8(7)2)16-13(15-10)12-9(3)6-14-17-12/h4-6H,1-3H3,(H,14,17)(H,15,16). The van der Waals surface area contributed by atoms with E-state index in [-0.39, 0.29) is 0 Å². The molecule has 17 heavy (non-hydrogen) atoms. The molecule has 2 heterocycles. The Hall–Kier alpha value is -2.10. The van der Waals surface area contributed by atoms with Crippen LogP contribution in [0.1, 0.15) is 16.7 Å². The number of hydrogen-bond donors (Lipinski definition) is 2. The van der Waals surface area contributed by atoms with Gasteiger partial charge in [0, 0.05) is 0 Å². The van der Waals surface area contributed by atoms with Crippen molar-refractivity contribution in [2.24, 2.45) is 0 Å². The topological polar surface area (TPSA) is 57.4 Å². The minimum Gasteiger partial charge on any atom is -0.337 e. The van der Waals surface area contributed by atoms with E-state index in [2.05, 4.69) is 46.1 Å². The van der Waals surface area contributed by atoms with Gasteiger partial charge >= 0.3 is 0 Å². The lowest BCUT2D eigenvalue weighted by atomic mass is 10.1. The van der Waals surface area contributed by atoms with E-state index in [1.807, 2.05) is 6.92 Å². The van der Waals surface area contributed by atoms with Crippen LogP contribution in [-0.4, -0.2) is 20.2 Å². The highest BCUT2D eigenvalue weighted by Crippen LogP contribution is 2.23. The van der Waals surface area contributed by atoms with E-state index in [0.717, 1.165) is 28.1 Å². The van der Waals surface area contributed by atoms with Gasteiger partial charge in [-0.25, -0.2) is 4.98 Å². The van der Waals surface area contributed by atoms with Crippen molar-refractivity contribution in [2.75, 3.05) is 0 Å². The predicted octanol–water partition coefficient (Wildman–Crippen LogP) is 2.88. The summed E-state index contributed by atoms with van der Waals surface area (Å²) < 4.78 is 0. The van der Waals surface area contributed by atoms with Crippen molar-refractivity contribution >= 4 is 11.0 Å². The summed E-state index contributed by atoms with van der Waals surface area (Å²) in [5, 5.41) is 6.99. The summed E-state index contributed by atoms with van der Waals surface area (Å²) in [5.74, 6) is 0.847. The number of rotatable bonds is 1. The first-order valence-electron chi connectivity index (χ1n) is 5.62. The van der Waals surface area contributed by atoms with E-state index >= 15 is 0 Å². The average molecular weight is 226 g/mol. The predicted molar refractivity (Wildman–Crippen MR) is 67.9 cm³/mol. The van der Waals surface area contributed by atoms with E-state index in [0.29, 0.717) is 0 Å². The van der Waals surface area contributed by atoms with Crippen molar-refractivity contribution in [3.8, 4) is 11.5 Å². The first-order chi connectivity index (χ1) is 8.15. The molecule has 4 heteroatoms. The molecule has 0 bridgehead atoms. The fourth-order valence-electron chi connectivity index (χ4n) is 1.97. The molecule has 0 spiro atoms. The Morgan fingerprint density at radius 2 is 1.76 bits per heavy atom. The van der Waals surface area contributed by atoms with Crippen molar-refractivity contribution in [1.82, 2.24) is 20.2 Å². The first kappa shape index (κ1) is 10.1. The second-order valence-electron chi connectivity index (χ2n) is 4.47. The van der Waals surface area contributed by atoms with Crippen LogP contribution in [0.15, 0.2) is 18.3 Å². The maximum atomic E-state index is 4.59. The van der Waals surface area contributed by atoms with Gasteiger partial charge in [-0.3, -0.25) is 5.10 Å². The van der Waals surface area contributed by atoms with Gasteiger partial charge < -0.3 is 4.98 Å². The Morgan fingerprint density at radius 3 is 2.47 bits per heavy atom. The summed E-state index contributed by atoms with van der Waals surface area (Å²) in [6.07, 6.45) is 1.80. The minimum atomic E-state index is 0.847. The normalized spacial score (nSPS) is 11.2. The highest BCUT2D eigenvalue weighted by atomic mass is 15.1. The van der Waals surface area contributed by atoms with Gasteiger partial charge in [0.2, 0.25) is 0 Å². The molecule has 0 saturated heterocycles. The molecule has 2 aromatic heterocycles. The quantitative estimate of drug-likeness (QED) is 0.670. The van der Waals surface area contributed by atoms with Gasteiger partial charge in [-0.05, 0) is 49.6 Å². The second-order valence-corrected chi connectivity index (χ2v) is 4.47. The number of aryl methyl sites for hydroxylation is 3. The molecule has 0 saturated carbocycles. The van der Waals surface area contributed by atoms with Crippen LogP contribution in [0.4, 0.5) is 0 Å². The molecule has 3 aromatic rings. The zero-order valence-corrected chi connectivity index (χ0v) is 10.1. The summed E-state index contributed by atoms with van der Waals surface area (Å²) in [5.41, 5.74) is 6.65. The molecule has 86 valence electrons. The molecule has 0 radical (unpaired) electrons. The van der Waals surface area contributed by atoms with E-state index in [4.69, 9.17) is 0 Å². The fourth-order valence-corrected chi connectivity index (χ4v) is 1.97. The van der Waals surface area contributed by atoms with Crippen LogP contribution in [0, 0.1) is 20.8 Å². The number of nitrogens with one attached hydrogen (secondary N) is 2. The van der Waals surface area contributed by atoms with Crippen LogP contribution < -0.4 is 0 Å². The summed E-state index contributed by atoms with van der Waals surface area (Å²) in [6, 6.07) is 4.24. The van der Waals surface area contributed by atoms with Crippen molar-refractivity contribution in [1.29, 1.82) is 0 Å². The van der Waals surface area contributed by atoms with Gasteiger partial charge in [0.25, 0.3) is 0 Å². The molecular weight excluding hydrogens is 212 g/mol. The number of aromatic amines is 2. The van der Waals surface area contributed by atoms with Gasteiger partial charge in [0.15, 0.2) is 5.82 Å². The zero-order chi connectivity index (χ0) is 12.0. The van der Waals surface area contributed by atoms with E-state index < -0.39 is 0 Å². The molecule has 0 aliphatic heterocycles. The number of nitrogens with zero attached hydrogens (tertiary/aromatic N) is 2. The average Bonchev–Trinajstić information content (AvgIpc) is 2.85. The molecule has 3 rings (SSSR count). The van der Waals surface area contributed by atoms with Gasteiger partial charge in [-0.2, -0.15) is 5.10 Å². The van der Waals surface area contributed by atoms with Gasteiger partial charge in [0.05, 0.1) is 17.2 Å². The van der Waals surface area contributed by atoms with Crippen molar-refractivity contribution in [3.05, 3.63) is 35.0 Å². The third kappa shape index (κ3) is 1.53. The number of hydrogen-bond acceptors (Lipinski definition) is 2. The lowest BCUT2D eigenvalue weighted by Gasteiger charge is -1.97. The van der Waals surface area contributed by atoms with Crippen molar-refractivity contribution in [2.45, 2.75) is 20.8 Å². The third-order valence-electron chi connectivity index (χ3n) is 3.16. The Balaban J connectivity index is 2.24. The first-order valence-corrected chi connectivity index (χ1v) is 5.62. The van der Waals surface area contributed by atoms with Gasteiger partial charge in [-0.15, -0.1) is 0 Å². The van der Waals surface area contributed by atoms with Crippen LogP contribution in [0.25, 0.3) is 22.6 Å². The monoisotopic (exact) mass is 226 g/mol. The molecule has 1 aromatic carbocycles. The summed E-state index contributed by atoms with van der Waals surface area (Å²) in [4.78, 5) is 7.92. The van der Waals surface area contributed by atoms with E-state index in [1.165, 1.54) is 11.1 Å². The Labute approximate surface area is 99.1 Å². The largest absolute Gasteiger partial charge is 0.337 e. The molecular formula is C13H14N4. The highest BCUT2D eigenvalue weighted by Gasteiger charge is 2.10. The lowest BCUT2D eigenvalue weighted by Crippen LogP contribution is -1.82. The van der Waals surface area contributed by atoms with E-state index in [1.54, 1.807) is 6.20 Å². The molecule has 0 unspecified atom stereocenters. The lowest BCUT2D eigenvalue weighted by molar-refractivity contribution is 1.08. The van der Waals surface area contributed by atoms with Crippen LogP contribution >= 0.6 is 0 Å². The van der Waals surface area contributed by atoms with Crippen LogP contribution in [-0.2, 0) is 0 Å². The van der Waals surface area contributed by atoms with Crippen LogP contribution in [0.5, 0.6) is 0 Å². The van der Waals surface area contributed by atoms with Crippen LogP contribution in [0.2, 0.25) is 0 Å². The maximum Gasteiger partial charge on any atom is 0.156 e. The zero-order valence-electron chi connectivity index (χ0n) is 10.1. The van der Waals surface area contributed by atoms with Crippen LogP contribution in [0.3, 0.4) is 0 Å². The number of fused-ring (bicyclic) bond motifs is 1. The second kappa shape index (κ2) is 3.45. The van der Waals surface area contributed by atoms with Gasteiger partial charge in [-0.1, -0.05) is 0 Å². The van der Waals surface area contributed by atoms with E-state index in [9.17, 15) is 0 Å². The Bertz CT molecular complexity index is 652. The number of H-pyrrole nitrogens is 2. The number of aromatic nitrogens is 4. The van der Waals surface area contributed by atoms with Crippen molar-refractivity contribution in [3.63, 3.8) is 0 Å². The molecule has 0 amide bonds. The minimum absolute atomic E-state index is 0.847. The Morgan fingerprint density at radius 1 is 1.00 bits per heavy atom. The van der Waals surface area contributed by atoms with Gasteiger partial charge in [0.1, 0.15) is 5.69 Å². The van der Waals surface area contributed by atoms with Crippen molar-refractivity contribution < 1.29 is 0 Å². The molecule has 4 nitrogen and oxygen atoms in total. The molecule has 0 atom stereocenters. The molecule has 0 aliphatic carbocycles. The smallest absolute Gasteiger partial charge is 0.156 e. The maximum absolute atomic E-state index is 4.59. The summed E-state index contributed by atoms with van der Waals surface area (Å²) in [6.45, 7) is 6.23. The number of benzene rings is 1. The third-order valence-corrected chi connectivity index (χ3v) is 3.16. The fraction of sp³-hybridized carbons (Fsp3) is 0.231. The highest BCUT2D eigenvalue weighted by molar-refractivity contribution is 5.80. The number of imidazole rings is 1. The molecule has 0 fully saturated rings.